The van der Waals surface area contributed by atoms with E-state index in [1.54, 1.807) is 0 Å². The Balaban J connectivity index is 1.78. The second-order valence-electron chi connectivity index (χ2n) is 9.09. The maximum absolute atomic E-state index is 16.2. The molecule has 3 heterocycles. The molecule has 2 aliphatic rings. The first kappa shape index (κ1) is 23.8. The molecule has 0 atom stereocenters. The van der Waals surface area contributed by atoms with Gasteiger partial charge in [0.1, 0.15) is 17.0 Å². The molecule has 0 unspecified atom stereocenters. The van der Waals surface area contributed by atoms with Crippen LogP contribution in [0.25, 0.3) is 22.2 Å². The molecule has 2 fully saturated rings. The van der Waals surface area contributed by atoms with Crippen LogP contribution in [0.15, 0.2) is 18.2 Å². The van der Waals surface area contributed by atoms with Crippen LogP contribution in [0.2, 0.25) is 5.02 Å². The third-order valence-corrected chi connectivity index (χ3v) is 6.87. The summed E-state index contributed by atoms with van der Waals surface area (Å²) in [6, 6.07) is 4.36. The van der Waals surface area contributed by atoms with E-state index in [0.29, 0.717) is 41.2 Å². The zero-order chi connectivity index (χ0) is 24.9. The lowest BCUT2D eigenvalue weighted by atomic mass is 9.98. The highest BCUT2D eigenvalue weighted by Gasteiger charge is 2.36. The van der Waals surface area contributed by atoms with Gasteiger partial charge in [0.15, 0.2) is 5.82 Å². The summed E-state index contributed by atoms with van der Waals surface area (Å²) in [6.07, 6.45) is 2.52. The number of hydrogen-bond donors (Lipinski definition) is 1. The molecule has 0 bridgehead atoms. The first-order valence-corrected chi connectivity index (χ1v) is 11.9. The average molecular weight is 508 g/mol. The van der Waals surface area contributed by atoms with E-state index < -0.39 is 18.3 Å². The number of alkyl halides is 2. The lowest BCUT2D eigenvalue weighted by Gasteiger charge is -2.28. The predicted molar refractivity (Wildman–Crippen MR) is 128 cm³/mol. The zero-order valence-corrected chi connectivity index (χ0v) is 20.1. The van der Waals surface area contributed by atoms with Gasteiger partial charge in [0.05, 0.1) is 31.8 Å². The van der Waals surface area contributed by atoms with Gasteiger partial charge in [0, 0.05) is 29.6 Å². The van der Waals surface area contributed by atoms with Crippen LogP contribution >= 0.6 is 11.6 Å². The lowest BCUT2D eigenvalue weighted by Crippen LogP contribution is -2.35. The molecule has 3 aromatic rings. The Morgan fingerprint density at radius 1 is 1.11 bits per heavy atom. The SMILES string of the molecule is COc1cc(N2CCCCC(F)(F)C2)c2c(OC)nc(-c3cc(O)cc(Cl)c3C3CC3)c(F)c2n1. The first-order valence-electron chi connectivity index (χ1n) is 11.5. The van der Waals surface area contributed by atoms with Gasteiger partial charge in [0.2, 0.25) is 11.8 Å². The molecule has 1 aliphatic heterocycles. The Morgan fingerprint density at radius 3 is 2.57 bits per heavy atom. The first-order chi connectivity index (χ1) is 16.7. The van der Waals surface area contributed by atoms with Crippen molar-refractivity contribution in [3.05, 3.63) is 34.6 Å². The Labute approximate surface area is 205 Å². The topological polar surface area (TPSA) is 67.7 Å². The molecule has 1 aliphatic carbocycles. The summed E-state index contributed by atoms with van der Waals surface area (Å²) in [5.41, 5.74) is 1.17. The molecule has 1 aromatic carbocycles. The van der Waals surface area contributed by atoms with Crippen LogP contribution in [-0.4, -0.2) is 48.3 Å². The van der Waals surface area contributed by atoms with Crippen molar-refractivity contribution < 1.29 is 27.8 Å². The van der Waals surface area contributed by atoms with Gasteiger partial charge in [-0.15, -0.1) is 0 Å². The van der Waals surface area contributed by atoms with E-state index >= 15 is 4.39 Å². The highest BCUT2D eigenvalue weighted by atomic mass is 35.5. The second-order valence-corrected chi connectivity index (χ2v) is 9.50. The van der Waals surface area contributed by atoms with Crippen molar-refractivity contribution in [1.82, 2.24) is 9.97 Å². The number of anilines is 1. The van der Waals surface area contributed by atoms with Crippen LogP contribution in [0.3, 0.4) is 0 Å². The van der Waals surface area contributed by atoms with Gasteiger partial charge in [-0.1, -0.05) is 11.6 Å². The van der Waals surface area contributed by atoms with Crippen molar-refractivity contribution in [2.75, 3.05) is 32.2 Å². The fraction of sp³-hybridized carbons (Fsp3) is 0.440. The fourth-order valence-corrected chi connectivity index (χ4v) is 5.16. The fourth-order valence-electron chi connectivity index (χ4n) is 4.79. The number of rotatable bonds is 5. The highest BCUT2D eigenvalue weighted by molar-refractivity contribution is 6.32. The summed E-state index contributed by atoms with van der Waals surface area (Å²) in [5, 5.41) is 10.7. The summed E-state index contributed by atoms with van der Waals surface area (Å²) in [7, 11) is 2.76. The quantitative estimate of drug-likeness (QED) is 0.436. The maximum Gasteiger partial charge on any atom is 0.265 e. The molecular formula is C25H25ClF3N3O3. The maximum atomic E-state index is 16.2. The van der Waals surface area contributed by atoms with E-state index in [1.807, 2.05) is 0 Å². The molecule has 10 heteroatoms. The van der Waals surface area contributed by atoms with E-state index in [0.717, 1.165) is 12.8 Å². The number of ether oxygens (including phenoxy) is 2. The van der Waals surface area contributed by atoms with Gasteiger partial charge in [-0.25, -0.2) is 23.1 Å². The third kappa shape index (κ3) is 4.42. The molecule has 5 rings (SSSR count). The largest absolute Gasteiger partial charge is 0.508 e. The smallest absolute Gasteiger partial charge is 0.265 e. The van der Waals surface area contributed by atoms with E-state index in [-0.39, 0.29) is 46.4 Å². The predicted octanol–water partition coefficient (Wildman–Crippen LogP) is 6.32. The van der Waals surface area contributed by atoms with Crippen molar-refractivity contribution in [3.8, 4) is 28.8 Å². The molecular weight excluding hydrogens is 483 g/mol. The molecule has 1 saturated heterocycles. The van der Waals surface area contributed by atoms with Gasteiger partial charge >= 0.3 is 0 Å². The molecule has 0 spiro atoms. The summed E-state index contributed by atoms with van der Waals surface area (Å²) in [6.45, 7) is -0.159. The molecule has 0 amide bonds. The number of nitrogens with zero attached hydrogens (tertiary/aromatic N) is 3. The minimum Gasteiger partial charge on any atom is -0.508 e. The number of phenolic OH excluding ortho intramolecular Hbond substituents is 1. The van der Waals surface area contributed by atoms with E-state index in [1.165, 1.54) is 37.3 Å². The van der Waals surface area contributed by atoms with Crippen LogP contribution in [0, 0.1) is 5.82 Å². The number of phenols is 1. The number of benzene rings is 1. The van der Waals surface area contributed by atoms with Gasteiger partial charge < -0.3 is 19.5 Å². The molecule has 0 radical (unpaired) electrons. The lowest BCUT2D eigenvalue weighted by molar-refractivity contribution is 0.00349. The monoisotopic (exact) mass is 507 g/mol. The molecule has 6 nitrogen and oxygen atoms in total. The van der Waals surface area contributed by atoms with Crippen molar-refractivity contribution >= 4 is 28.2 Å². The van der Waals surface area contributed by atoms with Crippen LogP contribution in [0.5, 0.6) is 17.5 Å². The molecule has 1 saturated carbocycles. The molecule has 1 N–H and O–H groups in total. The van der Waals surface area contributed by atoms with Gasteiger partial charge in [0.25, 0.3) is 5.92 Å². The standard InChI is InChI=1S/C25H25ClF3N3O3/c1-34-18-11-17(32-8-4-3-7-25(28,29)12-32)20-23(30-18)21(27)22(31-24(20)35-2)15-9-14(33)10-16(26)19(15)13-5-6-13/h9-11,13,33H,3-8,12H2,1-2H3. The van der Waals surface area contributed by atoms with E-state index in [9.17, 15) is 13.9 Å². The molecule has 186 valence electrons. The van der Waals surface area contributed by atoms with E-state index in [2.05, 4.69) is 9.97 Å². The Bertz CT molecular complexity index is 1300. The van der Waals surface area contributed by atoms with Crippen LogP contribution in [-0.2, 0) is 0 Å². The number of aromatic nitrogens is 2. The molecule has 2 aromatic heterocycles. The summed E-state index contributed by atoms with van der Waals surface area (Å²) < 4.78 is 56.0. The van der Waals surface area contributed by atoms with Crippen molar-refractivity contribution in [2.45, 2.75) is 43.9 Å². The number of aromatic hydroxyl groups is 1. The van der Waals surface area contributed by atoms with Gasteiger partial charge in [-0.05, 0) is 49.3 Å². The average Bonchev–Trinajstić information content (AvgIpc) is 3.66. The van der Waals surface area contributed by atoms with Gasteiger partial charge in [-0.3, -0.25) is 0 Å². The van der Waals surface area contributed by atoms with Crippen LogP contribution in [0.1, 0.15) is 43.6 Å². The minimum absolute atomic E-state index is 0.0373. The van der Waals surface area contributed by atoms with Gasteiger partial charge in [-0.2, -0.15) is 0 Å². The Kier molecular flexibility index (Phi) is 6.07. The number of methoxy groups -OCH3 is 2. The third-order valence-electron chi connectivity index (χ3n) is 6.56. The normalized spacial score (nSPS) is 17.9. The van der Waals surface area contributed by atoms with Crippen molar-refractivity contribution in [1.29, 1.82) is 0 Å². The Morgan fingerprint density at radius 2 is 1.89 bits per heavy atom. The molecule has 35 heavy (non-hydrogen) atoms. The second kappa shape index (κ2) is 8.93. The highest BCUT2D eigenvalue weighted by Crippen LogP contribution is 2.50. The van der Waals surface area contributed by atoms with Crippen LogP contribution in [0.4, 0.5) is 18.9 Å². The summed E-state index contributed by atoms with van der Waals surface area (Å²) >= 11 is 6.43. The van der Waals surface area contributed by atoms with Crippen molar-refractivity contribution in [3.63, 3.8) is 0 Å². The number of fused-ring (bicyclic) bond motifs is 1. The minimum atomic E-state index is -2.89. The Hall–Kier alpha value is -2.94. The summed E-state index contributed by atoms with van der Waals surface area (Å²) in [4.78, 5) is 10.3. The zero-order valence-electron chi connectivity index (χ0n) is 19.4. The number of halogens is 4. The van der Waals surface area contributed by atoms with Crippen molar-refractivity contribution in [2.24, 2.45) is 0 Å². The number of hydrogen-bond acceptors (Lipinski definition) is 6. The number of pyridine rings is 2. The summed E-state index contributed by atoms with van der Waals surface area (Å²) in [5.74, 6) is -3.54. The van der Waals surface area contributed by atoms with E-state index in [4.69, 9.17) is 21.1 Å². The van der Waals surface area contributed by atoms with Crippen LogP contribution < -0.4 is 14.4 Å².